The maximum atomic E-state index is 10.9. The number of rotatable bonds is 4. The fraction of sp³-hybridized carbons (Fsp3) is 0.667. The number of carboxylic acid groups (broad SMARTS) is 1. The van der Waals surface area contributed by atoms with Crippen LogP contribution in [0.3, 0.4) is 0 Å². The molecular weight excluding hydrogens is 240 g/mol. The summed E-state index contributed by atoms with van der Waals surface area (Å²) in [5.41, 5.74) is 0. The second kappa shape index (κ2) is 7.85. The molecule has 0 aromatic rings. The summed E-state index contributed by atoms with van der Waals surface area (Å²) in [7, 11) is 3.68. The zero-order valence-corrected chi connectivity index (χ0v) is 11.9. The predicted octanol–water partition coefficient (Wildman–Crippen LogP) is 2.28. The van der Waals surface area contributed by atoms with E-state index in [2.05, 4.69) is 23.3 Å². The van der Waals surface area contributed by atoms with Crippen LogP contribution < -0.4 is 0 Å². The Balaban J connectivity index is 2.32. The van der Waals surface area contributed by atoms with Crippen molar-refractivity contribution in [3.05, 3.63) is 12.7 Å². The molecule has 0 spiro atoms. The summed E-state index contributed by atoms with van der Waals surface area (Å²) in [5.74, 6) is 6.94. The van der Waals surface area contributed by atoms with E-state index in [0.29, 0.717) is 5.92 Å². The van der Waals surface area contributed by atoms with Gasteiger partial charge in [-0.2, -0.15) is 0 Å². The van der Waals surface area contributed by atoms with E-state index in [1.165, 1.54) is 4.90 Å². The number of carbonyl (C=O) groups is 1. The molecule has 0 saturated heterocycles. The van der Waals surface area contributed by atoms with Gasteiger partial charge >= 0.3 is 6.09 Å². The van der Waals surface area contributed by atoms with Gasteiger partial charge in [0.05, 0.1) is 6.54 Å². The number of hydrogen-bond acceptors (Lipinski definition) is 2. The monoisotopic (exact) mass is 264 g/mol. The first-order chi connectivity index (χ1) is 9.04. The molecule has 1 fully saturated rings. The van der Waals surface area contributed by atoms with Gasteiger partial charge in [-0.05, 0) is 32.7 Å². The summed E-state index contributed by atoms with van der Waals surface area (Å²) in [5, 5.41) is 8.94. The minimum Gasteiger partial charge on any atom is -0.465 e. The van der Waals surface area contributed by atoms with E-state index in [4.69, 9.17) is 5.11 Å². The lowest BCUT2D eigenvalue weighted by molar-refractivity contribution is 0.123. The highest BCUT2D eigenvalue weighted by Crippen LogP contribution is 2.26. The van der Waals surface area contributed by atoms with Crippen LogP contribution in [0.4, 0.5) is 4.79 Å². The Labute approximate surface area is 116 Å². The third-order valence-electron chi connectivity index (χ3n) is 3.64. The Kier molecular flexibility index (Phi) is 6.44. The molecular formula is C15H24N2O2. The lowest BCUT2D eigenvalue weighted by Gasteiger charge is -2.31. The summed E-state index contributed by atoms with van der Waals surface area (Å²) in [6.45, 7) is 5.31. The van der Waals surface area contributed by atoms with E-state index in [-0.39, 0.29) is 6.04 Å². The maximum absolute atomic E-state index is 10.9. The zero-order chi connectivity index (χ0) is 14.3. The van der Waals surface area contributed by atoms with Gasteiger partial charge in [-0.15, -0.1) is 6.58 Å². The van der Waals surface area contributed by atoms with Crippen LogP contribution in [0.5, 0.6) is 0 Å². The van der Waals surface area contributed by atoms with Crippen LogP contribution in [-0.2, 0) is 0 Å². The van der Waals surface area contributed by atoms with Crippen molar-refractivity contribution in [2.45, 2.75) is 31.7 Å². The molecule has 0 aromatic carbocycles. The van der Waals surface area contributed by atoms with Crippen LogP contribution in [0.25, 0.3) is 0 Å². The van der Waals surface area contributed by atoms with Crippen molar-refractivity contribution in [3.8, 4) is 11.8 Å². The average molecular weight is 264 g/mol. The molecule has 1 amide bonds. The highest BCUT2D eigenvalue weighted by Gasteiger charge is 2.25. The Morgan fingerprint density at radius 2 is 2.00 bits per heavy atom. The Morgan fingerprint density at radius 3 is 2.53 bits per heavy atom. The van der Waals surface area contributed by atoms with Crippen molar-refractivity contribution in [1.29, 1.82) is 0 Å². The summed E-state index contributed by atoms with van der Waals surface area (Å²) < 4.78 is 0. The van der Waals surface area contributed by atoms with Gasteiger partial charge in [0.15, 0.2) is 0 Å². The van der Waals surface area contributed by atoms with E-state index < -0.39 is 6.09 Å². The number of likely N-dealkylation sites (N-methyl/N-ethyl adjacent to an activating group) is 1. The molecule has 0 radical (unpaired) electrons. The van der Waals surface area contributed by atoms with Crippen LogP contribution in [0.1, 0.15) is 25.7 Å². The Morgan fingerprint density at radius 1 is 1.37 bits per heavy atom. The van der Waals surface area contributed by atoms with Gasteiger partial charge in [-0.1, -0.05) is 17.9 Å². The van der Waals surface area contributed by atoms with Crippen molar-refractivity contribution in [2.75, 3.05) is 27.2 Å². The van der Waals surface area contributed by atoms with E-state index in [1.807, 2.05) is 13.1 Å². The molecule has 19 heavy (non-hydrogen) atoms. The minimum atomic E-state index is -0.833. The first-order valence-electron chi connectivity index (χ1n) is 6.78. The third-order valence-corrected chi connectivity index (χ3v) is 3.64. The summed E-state index contributed by atoms with van der Waals surface area (Å²) in [6, 6.07) is 0.166. The van der Waals surface area contributed by atoms with Gasteiger partial charge in [0.1, 0.15) is 0 Å². The smallest absolute Gasteiger partial charge is 0.407 e. The largest absolute Gasteiger partial charge is 0.465 e. The Bertz CT molecular complexity index is 362. The number of hydrogen-bond donors (Lipinski definition) is 1. The minimum absolute atomic E-state index is 0.166. The highest BCUT2D eigenvalue weighted by molar-refractivity contribution is 5.64. The number of nitrogens with zero attached hydrogens (tertiary/aromatic N) is 2. The maximum Gasteiger partial charge on any atom is 0.407 e. The third kappa shape index (κ3) is 5.35. The van der Waals surface area contributed by atoms with Gasteiger partial charge in [-0.3, -0.25) is 4.90 Å². The summed E-state index contributed by atoms with van der Waals surface area (Å²) in [4.78, 5) is 14.4. The normalized spacial score (nSPS) is 22.5. The molecule has 106 valence electrons. The second-order valence-electron chi connectivity index (χ2n) is 5.21. The number of amides is 1. The molecule has 0 unspecified atom stereocenters. The molecule has 1 aliphatic rings. The fourth-order valence-corrected chi connectivity index (χ4v) is 2.37. The van der Waals surface area contributed by atoms with Gasteiger partial charge in [0.25, 0.3) is 0 Å². The SMILES string of the molecule is C=CCN(C)CC#CC1CCC(N(C)C(=O)O)CC1. The predicted molar refractivity (Wildman–Crippen MR) is 77.0 cm³/mol. The molecule has 0 bridgehead atoms. The molecule has 0 aliphatic heterocycles. The van der Waals surface area contributed by atoms with Crippen molar-refractivity contribution >= 4 is 6.09 Å². The van der Waals surface area contributed by atoms with Crippen LogP contribution in [0.15, 0.2) is 12.7 Å². The molecule has 0 atom stereocenters. The second-order valence-corrected chi connectivity index (χ2v) is 5.21. The van der Waals surface area contributed by atoms with Gasteiger partial charge in [0, 0.05) is 25.6 Å². The van der Waals surface area contributed by atoms with Crippen molar-refractivity contribution in [1.82, 2.24) is 9.80 Å². The van der Waals surface area contributed by atoms with E-state index >= 15 is 0 Å². The topological polar surface area (TPSA) is 43.8 Å². The fourth-order valence-electron chi connectivity index (χ4n) is 2.37. The van der Waals surface area contributed by atoms with Crippen molar-refractivity contribution < 1.29 is 9.90 Å². The van der Waals surface area contributed by atoms with E-state index in [9.17, 15) is 4.79 Å². The molecule has 0 heterocycles. The zero-order valence-electron chi connectivity index (χ0n) is 11.9. The first-order valence-corrected chi connectivity index (χ1v) is 6.78. The van der Waals surface area contributed by atoms with Crippen molar-refractivity contribution in [2.24, 2.45) is 5.92 Å². The van der Waals surface area contributed by atoms with E-state index in [0.717, 1.165) is 38.8 Å². The average Bonchev–Trinajstić information content (AvgIpc) is 2.39. The molecule has 1 aliphatic carbocycles. The summed E-state index contributed by atoms with van der Waals surface area (Å²) in [6.07, 6.45) is 4.88. The van der Waals surface area contributed by atoms with Gasteiger partial charge in [0.2, 0.25) is 0 Å². The molecule has 4 heteroatoms. The van der Waals surface area contributed by atoms with Gasteiger partial charge < -0.3 is 10.0 Å². The standard InChI is InChI=1S/C15H24N2O2/c1-4-11-16(2)12-5-6-13-7-9-14(10-8-13)17(3)15(18)19/h4,13-14H,1,7-12H2,2-3H3,(H,18,19). The molecule has 1 rings (SSSR count). The summed E-state index contributed by atoms with van der Waals surface area (Å²) >= 11 is 0. The first kappa shape index (κ1) is 15.6. The van der Waals surface area contributed by atoms with Crippen LogP contribution in [-0.4, -0.2) is 54.2 Å². The van der Waals surface area contributed by atoms with Crippen molar-refractivity contribution in [3.63, 3.8) is 0 Å². The molecule has 1 N–H and O–H groups in total. The van der Waals surface area contributed by atoms with Crippen LogP contribution >= 0.6 is 0 Å². The lowest BCUT2D eigenvalue weighted by Crippen LogP contribution is -2.38. The van der Waals surface area contributed by atoms with Crippen LogP contribution in [0, 0.1) is 17.8 Å². The van der Waals surface area contributed by atoms with E-state index in [1.54, 1.807) is 7.05 Å². The van der Waals surface area contributed by atoms with Crippen LogP contribution in [0.2, 0.25) is 0 Å². The molecule has 1 saturated carbocycles. The quantitative estimate of drug-likeness (QED) is 0.626. The van der Waals surface area contributed by atoms with Gasteiger partial charge in [-0.25, -0.2) is 4.79 Å². The molecule has 4 nitrogen and oxygen atoms in total. The Hall–Kier alpha value is -1.47. The lowest BCUT2D eigenvalue weighted by atomic mass is 9.86. The highest BCUT2D eigenvalue weighted by atomic mass is 16.4. The molecule has 0 aromatic heterocycles.